The predicted molar refractivity (Wildman–Crippen MR) is 122 cm³/mol. The molecule has 2 heterocycles. The Labute approximate surface area is 197 Å². The lowest BCUT2D eigenvalue weighted by Gasteiger charge is -2.32. The molecular formula is C23H16FN3O7S. The van der Waals surface area contributed by atoms with Crippen molar-refractivity contribution in [3.63, 3.8) is 0 Å². The van der Waals surface area contributed by atoms with Gasteiger partial charge in [0.05, 0.1) is 17.2 Å². The number of anilines is 2. The van der Waals surface area contributed by atoms with Crippen LogP contribution in [0.15, 0.2) is 66.7 Å². The van der Waals surface area contributed by atoms with Crippen molar-refractivity contribution in [1.82, 2.24) is 0 Å². The molecule has 0 aliphatic carbocycles. The molecule has 1 atom stereocenters. The molecule has 10 nitrogen and oxygen atoms in total. The van der Waals surface area contributed by atoms with Crippen LogP contribution in [0.1, 0.15) is 11.1 Å². The van der Waals surface area contributed by atoms with E-state index in [0.717, 1.165) is 28.0 Å². The third-order valence-electron chi connectivity index (χ3n) is 6.05. The SMILES string of the molecule is O=C1CS(=O)(=O)C2(C(=O)N(Cc3ccc(F)cc3)c3ccc([N+](=O)[O-])cc32)N1c1cccc(O)c1. The zero-order valence-corrected chi connectivity index (χ0v) is 18.6. The third-order valence-corrected chi connectivity index (χ3v) is 8.16. The number of amides is 2. The highest BCUT2D eigenvalue weighted by molar-refractivity contribution is 7.94. The minimum atomic E-state index is -4.56. The van der Waals surface area contributed by atoms with E-state index in [2.05, 4.69) is 0 Å². The summed E-state index contributed by atoms with van der Waals surface area (Å²) in [5.74, 6) is -3.73. The number of aromatic hydroxyl groups is 1. The summed E-state index contributed by atoms with van der Waals surface area (Å²) in [7, 11) is -4.56. The van der Waals surface area contributed by atoms with Crippen LogP contribution in [0.5, 0.6) is 5.75 Å². The molecule has 3 aromatic carbocycles. The number of rotatable bonds is 4. The minimum absolute atomic E-state index is 0.0633. The van der Waals surface area contributed by atoms with Crippen LogP contribution < -0.4 is 9.80 Å². The maximum atomic E-state index is 14.0. The summed E-state index contributed by atoms with van der Waals surface area (Å²) >= 11 is 0. The Bertz CT molecular complexity index is 1520. The van der Waals surface area contributed by atoms with E-state index in [0.29, 0.717) is 5.56 Å². The number of carbonyl (C=O) groups is 2. The topological polar surface area (TPSA) is 138 Å². The number of hydrogen-bond acceptors (Lipinski definition) is 7. The first-order valence-electron chi connectivity index (χ1n) is 10.3. The highest BCUT2D eigenvalue weighted by Crippen LogP contribution is 2.53. The van der Waals surface area contributed by atoms with Gasteiger partial charge in [-0.15, -0.1) is 0 Å². The Morgan fingerprint density at radius 2 is 1.77 bits per heavy atom. The van der Waals surface area contributed by atoms with Gasteiger partial charge in [-0.25, -0.2) is 12.8 Å². The monoisotopic (exact) mass is 497 g/mol. The molecule has 0 bridgehead atoms. The van der Waals surface area contributed by atoms with E-state index < -0.39 is 48.7 Å². The second kappa shape index (κ2) is 7.60. The van der Waals surface area contributed by atoms with Crippen LogP contribution in [0.4, 0.5) is 21.5 Å². The first-order valence-corrected chi connectivity index (χ1v) is 11.9. The molecule has 1 unspecified atom stereocenters. The first kappa shape index (κ1) is 22.5. The first-order chi connectivity index (χ1) is 16.6. The number of hydrogen-bond donors (Lipinski definition) is 1. The van der Waals surface area contributed by atoms with E-state index in [9.17, 15) is 37.6 Å². The van der Waals surface area contributed by atoms with Crippen molar-refractivity contribution in [2.45, 2.75) is 11.4 Å². The van der Waals surface area contributed by atoms with Crippen LogP contribution in [0.3, 0.4) is 0 Å². The van der Waals surface area contributed by atoms with Gasteiger partial charge in [0.1, 0.15) is 17.3 Å². The van der Waals surface area contributed by atoms with Crippen molar-refractivity contribution in [3.05, 3.63) is 93.8 Å². The molecule has 5 rings (SSSR count). The number of non-ortho nitro benzene ring substituents is 1. The Balaban J connectivity index is 1.79. The number of nitro groups is 1. The molecular weight excluding hydrogens is 481 g/mol. The van der Waals surface area contributed by atoms with E-state index in [4.69, 9.17) is 0 Å². The zero-order chi connectivity index (χ0) is 25.1. The lowest BCUT2D eigenvalue weighted by molar-refractivity contribution is -0.384. The molecule has 12 heteroatoms. The molecule has 1 saturated heterocycles. The maximum Gasteiger partial charge on any atom is 0.274 e. The van der Waals surface area contributed by atoms with Gasteiger partial charge in [-0.05, 0) is 35.9 Å². The van der Waals surface area contributed by atoms with E-state index in [-0.39, 0.29) is 29.2 Å². The van der Waals surface area contributed by atoms with Crippen LogP contribution in [0.2, 0.25) is 0 Å². The molecule has 178 valence electrons. The second-order valence-electron chi connectivity index (χ2n) is 8.13. The molecule has 0 saturated carbocycles. The summed E-state index contributed by atoms with van der Waals surface area (Å²) in [5.41, 5.74) is -0.247. The van der Waals surface area contributed by atoms with Gasteiger partial charge in [0.2, 0.25) is 5.91 Å². The number of benzene rings is 3. The summed E-state index contributed by atoms with van der Waals surface area (Å²) in [6.45, 7) is -0.177. The number of phenols is 1. The van der Waals surface area contributed by atoms with Crippen molar-refractivity contribution >= 4 is 38.7 Å². The Hall–Kier alpha value is -4.32. The molecule has 1 spiro atoms. The number of phenolic OH excluding ortho intramolecular Hbond substituents is 1. The van der Waals surface area contributed by atoms with Crippen molar-refractivity contribution < 1.29 is 32.4 Å². The summed E-state index contributed by atoms with van der Waals surface area (Å²) < 4.78 is 40.5. The average Bonchev–Trinajstić information content (AvgIpc) is 3.17. The summed E-state index contributed by atoms with van der Waals surface area (Å²) in [6.07, 6.45) is 0. The van der Waals surface area contributed by atoms with E-state index >= 15 is 0 Å². The largest absolute Gasteiger partial charge is 0.508 e. The van der Waals surface area contributed by atoms with E-state index in [1.165, 1.54) is 48.5 Å². The zero-order valence-electron chi connectivity index (χ0n) is 17.8. The molecule has 2 amide bonds. The highest BCUT2D eigenvalue weighted by Gasteiger charge is 2.70. The predicted octanol–water partition coefficient (Wildman–Crippen LogP) is 2.60. The van der Waals surface area contributed by atoms with Crippen LogP contribution in [-0.4, -0.2) is 36.0 Å². The van der Waals surface area contributed by atoms with Crippen molar-refractivity contribution in [3.8, 4) is 5.75 Å². The highest BCUT2D eigenvalue weighted by atomic mass is 32.2. The fourth-order valence-corrected chi connectivity index (χ4v) is 6.63. The van der Waals surface area contributed by atoms with Gasteiger partial charge in [-0.1, -0.05) is 18.2 Å². The quantitative estimate of drug-likeness (QED) is 0.432. The fourth-order valence-electron chi connectivity index (χ4n) is 4.60. The van der Waals surface area contributed by atoms with Crippen LogP contribution in [0, 0.1) is 15.9 Å². The Morgan fingerprint density at radius 1 is 1.06 bits per heavy atom. The summed E-state index contributed by atoms with van der Waals surface area (Å²) in [4.78, 5) is 37.1. The molecule has 2 aliphatic heterocycles. The van der Waals surface area contributed by atoms with Crippen molar-refractivity contribution in [1.29, 1.82) is 0 Å². The van der Waals surface area contributed by atoms with E-state index in [1.807, 2.05) is 0 Å². The molecule has 0 aromatic heterocycles. The van der Waals surface area contributed by atoms with Gasteiger partial charge in [0.15, 0.2) is 9.84 Å². The Morgan fingerprint density at radius 3 is 2.43 bits per heavy atom. The number of fused-ring (bicyclic) bond motifs is 2. The van der Waals surface area contributed by atoms with Crippen LogP contribution >= 0.6 is 0 Å². The fraction of sp³-hybridized carbons (Fsp3) is 0.130. The smallest absolute Gasteiger partial charge is 0.274 e. The van der Waals surface area contributed by atoms with Crippen molar-refractivity contribution in [2.75, 3.05) is 15.6 Å². The number of halogens is 1. The molecule has 0 radical (unpaired) electrons. The average molecular weight is 497 g/mol. The second-order valence-corrected chi connectivity index (χ2v) is 10.2. The van der Waals surface area contributed by atoms with Crippen LogP contribution in [-0.2, 0) is 30.8 Å². The third kappa shape index (κ3) is 3.17. The van der Waals surface area contributed by atoms with Gasteiger partial charge in [-0.2, -0.15) is 0 Å². The summed E-state index contributed by atoms with van der Waals surface area (Å²) in [5, 5.41) is 21.5. The lowest BCUT2D eigenvalue weighted by Crippen LogP contribution is -2.54. The van der Waals surface area contributed by atoms with Crippen LogP contribution in [0.25, 0.3) is 0 Å². The van der Waals surface area contributed by atoms with Gasteiger partial charge < -0.3 is 10.0 Å². The summed E-state index contributed by atoms with van der Waals surface area (Å²) in [6, 6.07) is 13.7. The molecule has 1 N–H and O–H groups in total. The number of nitro benzene ring substituents is 1. The van der Waals surface area contributed by atoms with E-state index in [1.54, 1.807) is 0 Å². The Kier molecular flexibility index (Phi) is 4.88. The van der Waals surface area contributed by atoms with Gasteiger partial charge in [-0.3, -0.25) is 24.6 Å². The van der Waals surface area contributed by atoms with Gasteiger partial charge >= 0.3 is 0 Å². The molecule has 2 aliphatic rings. The molecule has 1 fully saturated rings. The molecule has 35 heavy (non-hydrogen) atoms. The lowest BCUT2D eigenvalue weighted by atomic mass is 10.0. The number of carbonyl (C=O) groups excluding carboxylic acids is 2. The number of sulfone groups is 1. The maximum absolute atomic E-state index is 14.0. The van der Waals surface area contributed by atoms with Gasteiger partial charge in [0, 0.05) is 29.4 Å². The minimum Gasteiger partial charge on any atom is -0.508 e. The van der Waals surface area contributed by atoms with Crippen molar-refractivity contribution in [2.24, 2.45) is 0 Å². The number of nitrogens with zero attached hydrogens (tertiary/aromatic N) is 3. The van der Waals surface area contributed by atoms with Gasteiger partial charge in [0.25, 0.3) is 16.5 Å². The molecule has 3 aromatic rings. The normalized spacial score (nSPS) is 20.5. The standard InChI is InChI=1S/C23H16FN3O7S/c24-15-6-4-14(5-7-15)12-25-20-9-8-17(27(31)32)11-19(20)23(22(25)30)26(21(29)13-35(23,33)34)16-2-1-3-18(28)10-16/h1-11,28H,12-13H2.